The molecule has 6 nitrogen and oxygen atoms in total. The van der Waals surface area contributed by atoms with Crippen LogP contribution in [0.15, 0.2) is 30.3 Å². The van der Waals surface area contributed by atoms with Crippen molar-refractivity contribution in [3.8, 4) is 0 Å². The molecule has 1 heterocycles. The van der Waals surface area contributed by atoms with E-state index in [-0.39, 0.29) is 12.5 Å². The summed E-state index contributed by atoms with van der Waals surface area (Å²) in [5, 5.41) is 0. The van der Waals surface area contributed by atoms with E-state index >= 15 is 0 Å². The zero-order chi connectivity index (χ0) is 13.8. The quantitative estimate of drug-likeness (QED) is 0.760. The number of hydrogen-bond acceptors (Lipinski definition) is 4. The molecule has 0 saturated carbocycles. The Labute approximate surface area is 111 Å². The highest BCUT2D eigenvalue weighted by Gasteiger charge is 2.34. The van der Waals surface area contributed by atoms with Gasteiger partial charge in [-0.2, -0.15) is 0 Å². The minimum absolute atomic E-state index is 0.128. The molecule has 1 aromatic carbocycles. The number of ether oxygens (including phenoxy) is 1. The highest BCUT2D eigenvalue weighted by atomic mass is 16.5. The van der Waals surface area contributed by atoms with Gasteiger partial charge >= 0.3 is 0 Å². The molecule has 0 aromatic heterocycles. The van der Waals surface area contributed by atoms with Crippen LogP contribution in [-0.4, -0.2) is 42.5 Å². The highest BCUT2D eigenvalue weighted by Crippen LogP contribution is 2.16. The Hall–Kier alpha value is -1.92. The number of nitrogens with zero attached hydrogens (tertiary/aromatic N) is 1. The third-order valence-corrected chi connectivity index (χ3v) is 3.16. The number of primary amides is 1. The minimum Gasteiger partial charge on any atom is -0.377 e. The summed E-state index contributed by atoms with van der Waals surface area (Å²) < 4.78 is 5.17. The molecule has 1 aromatic rings. The van der Waals surface area contributed by atoms with Gasteiger partial charge in [-0.25, -0.2) is 0 Å². The first-order valence-corrected chi connectivity index (χ1v) is 6.09. The summed E-state index contributed by atoms with van der Waals surface area (Å²) in [5.41, 5.74) is 11.9. The molecule has 0 bridgehead atoms. The summed E-state index contributed by atoms with van der Waals surface area (Å²) in [4.78, 5) is 25.1. The molecule has 4 N–H and O–H groups in total. The van der Waals surface area contributed by atoms with Crippen LogP contribution >= 0.6 is 0 Å². The number of carbonyl (C=O) groups excluding carboxylic acids is 2. The lowest BCUT2D eigenvalue weighted by atomic mass is 10.1. The lowest BCUT2D eigenvalue weighted by Gasteiger charge is -2.35. The van der Waals surface area contributed by atoms with Crippen molar-refractivity contribution in [1.29, 1.82) is 0 Å². The number of benzene rings is 1. The largest absolute Gasteiger partial charge is 0.377 e. The van der Waals surface area contributed by atoms with Crippen LogP contribution in [0.2, 0.25) is 0 Å². The van der Waals surface area contributed by atoms with Gasteiger partial charge in [-0.3, -0.25) is 9.59 Å². The van der Waals surface area contributed by atoms with Crippen LogP contribution in [0.3, 0.4) is 0 Å². The van der Waals surface area contributed by atoms with Crippen LogP contribution in [0.1, 0.15) is 11.6 Å². The smallest absolute Gasteiger partial charge is 0.244 e. The zero-order valence-corrected chi connectivity index (χ0v) is 10.5. The van der Waals surface area contributed by atoms with E-state index in [9.17, 15) is 9.59 Å². The van der Waals surface area contributed by atoms with Crippen molar-refractivity contribution in [3.63, 3.8) is 0 Å². The summed E-state index contributed by atoms with van der Waals surface area (Å²) >= 11 is 0. The maximum atomic E-state index is 12.4. The highest BCUT2D eigenvalue weighted by molar-refractivity contribution is 5.89. The van der Waals surface area contributed by atoms with Gasteiger partial charge < -0.3 is 21.1 Å². The van der Waals surface area contributed by atoms with Gasteiger partial charge in [0.15, 0.2) is 0 Å². The number of hydrogen-bond donors (Lipinski definition) is 2. The van der Waals surface area contributed by atoms with E-state index in [4.69, 9.17) is 16.2 Å². The fourth-order valence-corrected chi connectivity index (χ4v) is 2.08. The van der Waals surface area contributed by atoms with E-state index in [1.165, 1.54) is 4.90 Å². The van der Waals surface area contributed by atoms with Crippen LogP contribution in [-0.2, 0) is 14.3 Å². The normalized spacial score (nSPS) is 20.9. The Morgan fingerprint density at radius 2 is 2.00 bits per heavy atom. The lowest BCUT2D eigenvalue weighted by Crippen LogP contribution is -2.56. The first kappa shape index (κ1) is 13.5. The van der Waals surface area contributed by atoms with E-state index in [0.717, 1.165) is 0 Å². The molecule has 0 radical (unpaired) electrons. The van der Waals surface area contributed by atoms with Crippen molar-refractivity contribution in [3.05, 3.63) is 35.9 Å². The SMILES string of the molecule is NC(=O)C1COCCN1C(=O)[C@H](N)c1ccccc1. The minimum atomic E-state index is -0.791. The van der Waals surface area contributed by atoms with Gasteiger partial charge in [0.25, 0.3) is 0 Å². The molecular weight excluding hydrogens is 246 g/mol. The predicted octanol–water partition coefficient (Wildman–Crippen LogP) is -0.601. The van der Waals surface area contributed by atoms with Crippen LogP contribution in [0.25, 0.3) is 0 Å². The second kappa shape index (κ2) is 5.81. The van der Waals surface area contributed by atoms with Crippen molar-refractivity contribution in [2.75, 3.05) is 19.8 Å². The summed E-state index contributed by atoms with van der Waals surface area (Å²) in [7, 11) is 0. The first-order chi connectivity index (χ1) is 9.11. The Morgan fingerprint density at radius 1 is 1.32 bits per heavy atom. The van der Waals surface area contributed by atoms with Gasteiger partial charge in [-0.15, -0.1) is 0 Å². The summed E-state index contributed by atoms with van der Waals surface area (Å²) in [5.74, 6) is -0.883. The monoisotopic (exact) mass is 263 g/mol. The van der Waals surface area contributed by atoms with E-state index in [1.54, 1.807) is 12.1 Å². The first-order valence-electron chi connectivity index (χ1n) is 6.09. The number of rotatable bonds is 3. The fraction of sp³-hybridized carbons (Fsp3) is 0.385. The van der Waals surface area contributed by atoms with E-state index in [2.05, 4.69) is 0 Å². The van der Waals surface area contributed by atoms with Crippen molar-refractivity contribution >= 4 is 11.8 Å². The number of morpholine rings is 1. The molecule has 2 amide bonds. The van der Waals surface area contributed by atoms with Gasteiger partial charge in [-0.05, 0) is 5.56 Å². The van der Waals surface area contributed by atoms with Gasteiger partial charge in [-0.1, -0.05) is 30.3 Å². The average Bonchev–Trinajstić information content (AvgIpc) is 2.46. The van der Waals surface area contributed by atoms with Gasteiger partial charge in [0.2, 0.25) is 11.8 Å². The van der Waals surface area contributed by atoms with E-state index in [1.807, 2.05) is 18.2 Å². The summed E-state index contributed by atoms with van der Waals surface area (Å²) in [6, 6.07) is 7.50. The Balaban J connectivity index is 2.15. The van der Waals surface area contributed by atoms with Crippen molar-refractivity contribution in [1.82, 2.24) is 4.90 Å². The van der Waals surface area contributed by atoms with Crippen molar-refractivity contribution < 1.29 is 14.3 Å². The third-order valence-electron chi connectivity index (χ3n) is 3.16. The number of amides is 2. The topological polar surface area (TPSA) is 98.7 Å². The molecule has 1 fully saturated rings. The van der Waals surface area contributed by atoms with Gasteiger partial charge in [0.05, 0.1) is 13.2 Å². The molecule has 1 unspecified atom stereocenters. The molecule has 2 rings (SSSR count). The predicted molar refractivity (Wildman–Crippen MR) is 68.9 cm³/mol. The second-order valence-corrected chi connectivity index (χ2v) is 4.41. The van der Waals surface area contributed by atoms with Gasteiger partial charge in [0, 0.05) is 6.54 Å². The summed E-state index contributed by atoms with van der Waals surface area (Å²) in [6.45, 7) is 0.840. The molecule has 1 aliphatic heterocycles. The standard InChI is InChI=1S/C13H17N3O3/c14-11(9-4-2-1-3-5-9)13(18)16-6-7-19-8-10(16)12(15)17/h1-5,10-11H,6-8,14H2,(H2,15,17)/t10?,11-/m1/s1. The van der Waals surface area contributed by atoms with Crippen molar-refractivity contribution in [2.24, 2.45) is 11.5 Å². The molecule has 1 aliphatic rings. The van der Waals surface area contributed by atoms with Gasteiger partial charge in [0.1, 0.15) is 12.1 Å². The molecule has 6 heteroatoms. The van der Waals surface area contributed by atoms with Crippen LogP contribution in [0.4, 0.5) is 0 Å². The Bertz CT molecular complexity index is 463. The fourth-order valence-electron chi connectivity index (χ4n) is 2.08. The van der Waals surface area contributed by atoms with E-state index < -0.39 is 18.0 Å². The maximum Gasteiger partial charge on any atom is 0.244 e. The number of nitrogens with two attached hydrogens (primary N) is 2. The molecule has 0 aliphatic carbocycles. The molecule has 1 saturated heterocycles. The average molecular weight is 263 g/mol. The van der Waals surface area contributed by atoms with Crippen LogP contribution in [0, 0.1) is 0 Å². The third kappa shape index (κ3) is 2.91. The van der Waals surface area contributed by atoms with Crippen LogP contribution in [0.5, 0.6) is 0 Å². The Morgan fingerprint density at radius 3 is 2.63 bits per heavy atom. The second-order valence-electron chi connectivity index (χ2n) is 4.41. The van der Waals surface area contributed by atoms with E-state index in [0.29, 0.717) is 18.7 Å². The molecule has 0 spiro atoms. The molecule has 19 heavy (non-hydrogen) atoms. The van der Waals surface area contributed by atoms with Crippen molar-refractivity contribution in [2.45, 2.75) is 12.1 Å². The lowest BCUT2D eigenvalue weighted by molar-refractivity contribution is -0.148. The van der Waals surface area contributed by atoms with Crippen LogP contribution < -0.4 is 11.5 Å². The maximum absolute atomic E-state index is 12.4. The Kier molecular flexibility index (Phi) is 4.13. The molecular formula is C13H17N3O3. The molecule has 2 atom stereocenters. The number of carbonyl (C=O) groups is 2. The summed E-state index contributed by atoms with van der Waals surface area (Å²) in [6.07, 6.45) is 0. The molecule has 102 valence electrons. The zero-order valence-electron chi connectivity index (χ0n) is 10.5.